The van der Waals surface area contributed by atoms with Crippen molar-refractivity contribution in [2.45, 2.75) is 43.4 Å². The molecule has 4 rings (SSSR count). The first-order valence-corrected chi connectivity index (χ1v) is 13.0. The molecule has 3 atom stereocenters. The number of ether oxygens (including phenoxy) is 3. The van der Waals surface area contributed by atoms with E-state index in [1.165, 1.54) is 0 Å². The molecule has 2 aliphatic rings. The third-order valence-corrected chi connectivity index (χ3v) is 7.53. The smallest absolute Gasteiger partial charge is 0.315 e. The second-order valence-corrected chi connectivity index (χ2v) is 9.62. The van der Waals surface area contributed by atoms with Crippen LogP contribution in [0.5, 0.6) is 11.5 Å². The van der Waals surface area contributed by atoms with Gasteiger partial charge in [0.25, 0.3) is 0 Å². The SMILES string of the molecule is CCOC(=O)C1C(C)=NC2=C(C(=O)CC(c3ccc(OC)c(OC)c3)C2)C1c1ccc(SC)cc1. The lowest BCUT2D eigenvalue weighted by Gasteiger charge is -2.36. The van der Waals surface area contributed by atoms with Crippen LogP contribution in [0.2, 0.25) is 0 Å². The number of hydrogen-bond donors (Lipinski definition) is 0. The fraction of sp³-hybridized carbons (Fsp3) is 0.393. The fourth-order valence-corrected chi connectivity index (χ4v) is 5.52. The van der Waals surface area contributed by atoms with Crippen molar-refractivity contribution in [2.75, 3.05) is 27.1 Å². The molecule has 0 saturated heterocycles. The highest BCUT2D eigenvalue weighted by Gasteiger charge is 2.44. The van der Waals surface area contributed by atoms with Crippen LogP contribution in [-0.2, 0) is 14.3 Å². The number of esters is 1. The normalized spacial score (nSPS) is 21.8. The van der Waals surface area contributed by atoms with Crippen LogP contribution in [0.3, 0.4) is 0 Å². The fourth-order valence-electron chi connectivity index (χ4n) is 5.11. The molecule has 0 aromatic heterocycles. The van der Waals surface area contributed by atoms with Gasteiger partial charge in [-0.15, -0.1) is 11.8 Å². The summed E-state index contributed by atoms with van der Waals surface area (Å²) >= 11 is 1.65. The van der Waals surface area contributed by atoms with Gasteiger partial charge in [-0.05, 0) is 67.8 Å². The average Bonchev–Trinajstić information content (AvgIpc) is 2.87. The zero-order valence-corrected chi connectivity index (χ0v) is 21.6. The average molecular weight is 494 g/mol. The summed E-state index contributed by atoms with van der Waals surface area (Å²) in [5, 5.41) is 0. The minimum absolute atomic E-state index is 0.0236. The van der Waals surface area contributed by atoms with Crippen molar-refractivity contribution in [1.82, 2.24) is 0 Å². The second kappa shape index (κ2) is 10.7. The molecule has 6 nitrogen and oxygen atoms in total. The van der Waals surface area contributed by atoms with Crippen molar-refractivity contribution >= 4 is 29.2 Å². The topological polar surface area (TPSA) is 74.2 Å². The lowest BCUT2D eigenvalue weighted by atomic mass is 9.69. The molecule has 35 heavy (non-hydrogen) atoms. The number of allylic oxidation sites excluding steroid dienone is 2. The van der Waals surface area contributed by atoms with E-state index in [-0.39, 0.29) is 24.3 Å². The molecule has 0 saturated carbocycles. The number of carbonyl (C=O) groups is 2. The van der Waals surface area contributed by atoms with Gasteiger partial charge < -0.3 is 14.2 Å². The van der Waals surface area contributed by atoms with Crippen LogP contribution >= 0.6 is 11.8 Å². The Bertz CT molecular complexity index is 1180. The van der Waals surface area contributed by atoms with Crippen LogP contribution in [-0.4, -0.2) is 44.5 Å². The molecule has 0 N–H and O–H groups in total. The molecule has 0 amide bonds. The van der Waals surface area contributed by atoms with E-state index in [9.17, 15) is 9.59 Å². The summed E-state index contributed by atoms with van der Waals surface area (Å²) in [4.78, 5) is 32.7. The number of methoxy groups -OCH3 is 2. The van der Waals surface area contributed by atoms with E-state index in [1.54, 1.807) is 32.9 Å². The number of hydrogen-bond acceptors (Lipinski definition) is 7. The van der Waals surface area contributed by atoms with Crippen LogP contribution in [0.1, 0.15) is 49.7 Å². The Morgan fingerprint density at radius 2 is 1.71 bits per heavy atom. The Kier molecular flexibility index (Phi) is 7.65. The zero-order valence-electron chi connectivity index (χ0n) is 20.8. The van der Waals surface area contributed by atoms with Crippen LogP contribution < -0.4 is 9.47 Å². The van der Waals surface area contributed by atoms with Crippen molar-refractivity contribution in [3.63, 3.8) is 0 Å². The summed E-state index contributed by atoms with van der Waals surface area (Å²) in [5.41, 5.74) is 4.02. The predicted octanol–water partition coefficient (Wildman–Crippen LogP) is 5.56. The van der Waals surface area contributed by atoms with E-state index in [1.807, 2.05) is 55.6 Å². The van der Waals surface area contributed by atoms with Gasteiger partial charge in [-0.25, -0.2) is 0 Å². The third-order valence-electron chi connectivity index (χ3n) is 6.78. The summed E-state index contributed by atoms with van der Waals surface area (Å²) < 4.78 is 16.3. The number of thioether (sulfide) groups is 1. The lowest BCUT2D eigenvalue weighted by molar-refractivity contribution is -0.146. The molecule has 1 aliphatic carbocycles. The maximum absolute atomic E-state index is 13.7. The van der Waals surface area contributed by atoms with Crippen LogP contribution in [0.15, 0.2) is 63.6 Å². The quantitative estimate of drug-likeness (QED) is 0.371. The molecular formula is C28H31NO5S. The molecule has 7 heteroatoms. The largest absolute Gasteiger partial charge is 0.493 e. The van der Waals surface area contributed by atoms with Crippen molar-refractivity contribution in [3.05, 3.63) is 64.9 Å². The van der Waals surface area contributed by atoms with Gasteiger partial charge in [0.15, 0.2) is 17.3 Å². The first-order chi connectivity index (χ1) is 16.9. The predicted molar refractivity (Wildman–Crippen MR) is 138 cm³/mol. The van der Waals surface area contributed by atoms with E-state index in [2.05, 4.69) is 0 Å². The summed E-state index contributed by atoms with van der Waals surface area (Å²) in [6, 6.07) is 13.9. The highest BCUT2D eigenvalue weighted by Crippen LogP contribution is 2.47. The lowest BCUT2D eigenvalue weighted by Crippen LogP contribution is -2.38. The maximum Gasteiger partial charge on any atom is 0.315 e. The number of carbonyl (C=O) groups excluding carboxylic acids is 2. The van der Waals surface area contributed by atoms with Crippen LogP contribution in [0.25, 0.3) is 0 Å². The maximum atomic E-state index is 13.7. The van der Waals surface area contributed by atoms with Gasteiger partial charge in [0.2, 0.25) is 0 Å². The Morgan fingerprint density at radius 3 is 2.34 bits per heavy atom. The highest BCUT2D eigenvalue weighted by atomic mass is 32.2. The first-order valence-electron chi connectivity index (χ1n) is 11.8. The molecule has 0 bridgehead atoms. The summed E-state index contributed by atoms with van der Waals surface area (Å²) in [5.74, 6) is -0.0851. The summed E-state index contributed by atoms with van der Waals surface area (Å²) in [6.07, 6.45) is 2.98. The molecule has 2 aromatic rings. The van der Waals surface area contributed by atoms with Crippen molar-refractivity contribution in [2.24, 2.45) is 10.9 Å². The molecule has 1 aliphatic heterocycles. The monoisotopic (exact) mass is 493 g/mol. The molecular weight excluding hydrogens is 462 g/mol. The molecule has 1 heterocycles. The number of rotatable bonds is 7. The van der Waals surface area contributed by atoms with Gasteiger partial charge in [0.1, 0.15) is 5.92 Å². The van der Waals surface area contributed by atoms with Crippen molar-refractivity contribution < 1.29 is 23.8 Å². The Labute approximate surface area is 210 Å². The van der Waals surface area contributed by atoms with E-state index >= 15 is 0 Å². The van der Waals surface area contributed by atoms with Crippen LogP contribution in [0, 0.1) is 5.92 Å². The minimum atomic E-state index is -0.615. The molecule has 0 spiro atoms. The molecule has 0 radical (unpaired) electrons. The van der Waals surface area contributed by atoms with E-state index in [4.69, 9.17) is 19.2 Å². The molecule has 184 valence electrons. The van der Waals surface area contributed by atoms with Gasteiger partial charge in [-0.3, -0.25) is 14.6 Å². The van der Waals surface area contributed by atoms with Gasteiger partial charge in [-0.2, -0.15) is 0 Å². The van der Waals surface area contributed by atoms with E-state index in [0.29, 0.717) is 35.6 Å². The van der Waals surface area contributed by atoms with Crippen LogP contribution in [0.4, 0.5) is 0 Å². The van der Waals surface area contributed by atoms with E-state index < -0.39 is 11.8 Å². The summed E-state index contributed by atoms with van der Waals surface area (Å²) in [6.45, 7) is 3.93. The first kappa shape index (κ1) is 25.0. The van der Waals surface area contributed by atoms with Gasteiger partial charge in [0.05, 0.1) is 20.8 Å². The number of nitrogens with zero attached hydrogens (tertiary/aromatic N) is 1. The number of Topliss-reactive ketones (excluding diaryl/α,β-unsaturated/α-hetero) is 1. The third kappa shape index (κ3) is 4.87. The van der Waals surface area contributed by atoms with Gasteiger partial charge in [-0.1, -0.05) is 18.2 Å². The second-order valence-electron chi connectivity index (χ2n) is 8.74. The van der Waals surface area contributed by atoms with Crippen molar-refractivity contribution in [1.29, 1.82) is 0 Å². The number of benzene rings is 2. The number of ketones is 1. The molecule has 3 unspecified atom stereocenters. The summed E-state index contributed by atoms with van der Waals surface area (Å²) in [7, 11) is 3.20. The highest BCUT2D eigenvalue weighted by molar-refractivity contribution is 7.98. The minimum Gasteiger partial charge on any atom is -0.493 e. The standard InChI is InChI=1S/C28H31NO5S/c1-6-34-28(31)25-16(2)29-21-13-19(18-9-12-23(32-3)24(15-18)33-4)14-22(30)27(21)26(25)17-7-10-20(35-5)11-8-17/h7-12,15,19,25-26H,6,13-14H2,1-5H3. The Balaban J connectivity index is 1.77. The molecule has 2 aromatic carbocycles. The molecule has 0 fully saturated rings. The van der Waals surface area contributed by atoms with Gasteiger partial charge >= 0.3 is 5.97 Å². The Morgan fingerprint density at radius 1 is 1.03 bits per heavy atom. The number of aliphatic imine (C=N–C) groups is 1. The Hall–Kier alpha value is -3.06. The zero-order chi connectivity index (χ0) is 25.1. The van der Waals surface area contributed by atoms with Crippen molar-refractivity contribution in [3.8, 4) is 11.5 Å². The van der Waals surface area contributed by atoms with Gasteiger partial charge in [0, 0.05) is 34.2 Å². The van der Waals surface area contributed by atoms with E-state index in [0.717, 1.165) is 21.7 Å².